The summed E-state index contributed by atoms with van der Waals surface area (Å²) >= 11 is 0. The molecule has 26 heavy (non-hydrogen) atoms. The van der Waals surface area contributed by atoms with E-state index in [1.807, 2.05) is 25.1 Å². The summed E-state index contributed by atoms with van der Waals surface area (Å²) in [5.41, 5.74) is 2.24. The first-order valence-electron chi connectivity index (χ1n) is 8.77. The number of aromatic nitrogens is 5. The number of rotatable bonds is 5. The van der Waals surface area contributed by atoms with Crippen LogP contribution in [-0.4, -0.2) is 38.3 Å². The first-order chi connectivity index (χ1) is 12.6. The molecular formula is C18H21N5O3. The second kappa shape index (κ2) is 6.78. The largest absolute Gasteiger partial charge is 0.486 e. The number of fused-ring (bicyclic) bond motifs is 1. The lowest BCUT2D eigenvalue weighted by atomic mass is 10.1. The van der Waals surface area contributed by atoms with Crippen LogP contribution in [0.15, 0.2) is 22.7 Å². The monoisotopic (exact) mass is 355 g/mol. The molecule has 8 heteroatoms. The molecule has 136 valence electrons. The van der Waals surface area contributed by atoms with Crippen LogP contribution in [0.2, 0.25) is 0 Å². The number of benzene rings is 1. The van der Waals surface area contributed by atoms with E-state index in [1.54, 1.807) is 4.68 Å². The van der Waals surface area contributed by atoms with Gasteiger partial charge in [0.05, 0.1) is 11.4 Å². The molecule has 0 saturated heterocycles. The van der Waals surface area contributed by atoms with Crippen LogP contribution in [0.1, 0.15) is 31.8 Å². The molecule has 4 rings (SSSR count). The van der Waals surface area contributed by atoms with Gasteiger partial charge in [0.15, 0.2) is 23.0 Å². The molecule has 0 saturated carbocycles. The van der Waals surface area contributed by atoms with Gasteiger partial charge in [0.1, 0.15) is 13.2 Å². The number of nitrogens with zero attached hydrogens (tertiary/aromatic N) is 5. The Hall–Kier alpha value is -2.90. The maximum atomic E-state index is 5.64. The fraction of sp³-hybridized carbons (Fsp3) is 0.444. The minimum atomic E-state index is 0.394. The minimum Gasteiger partial charge on any atom is -0.486 e. The minimum absolute atomic E-state index is 0.394. The molecule has 0 radical (unpaired) electrons. The lowest BCUT2D eigenvalue weighted by Crippen LogP contribution is -2.15. The van der Waals surface area contributed by atoms with Crippen LogP contribution in [0.5, 0.6) is 11.5 Å². The van der Waals surface area contributed by atoms with Gasteiger partial charge in [0.2, 0.25) is 0 Å². The van der Waals surface area contributed by atoms with Gasteiger partial charge in [-0.15, -0.1) is 5.10 Å². The van der Waals surface area contributed by atoms with E-state index in [9.17, 15) is 0 Å². The smallest absolute Gasteiger partial charge is 0.280 e. The van der Waals surface area contributed by atoms with Gasteiger partial charge in [0, 0.05) is 12.5 Å². The summed E-state index contributed by atoms with van der Waals surface area (Å²) in [4.78, 5) is 4.45. The van der Waals surface area contributed by atoms with Gasteiger partial charge in [-0.25, -0.2) is 4.68 Å². The van der Waals surface area contributed by atoms with Gasteiger partial charge in [-0.05, 0) is 31.4 Å². The highest BCUT2D eigenvalue weighted by Crippen LogP contribution is 2.32. The predicted molar refractivity (Wildman–Crippen MR) is 93.5 cm³/mol. The molecule has 0 atom stereocenters. The van der Waals surface area contributed by atoms with Crippen molar-refractivity contribution < 1.29 is 14.0 Å². The molecule has 1 aromatic carbocycles. The van der Waals surface area contributed by atoms with Crippen molar-refractivity contribution in [2.75, 3.05) is 13.2 Å². The lowest BCUT2D eigenvalue weighted by Gasteiger charge is -2.18. The van der Waals surface area contributed by atoms with Gasteiger partial charge in [-0.2, -0.15) is 4.98 Å². The van der Waals surface area contributed by atoms with E-state index < -0.39 is 0 Å². The van der Waals surface area contributed by atoms with E-state index in [-0.39, 0.29) is 0 Å². The van der Waals surface area contributed by atoms with Crippen molar-refractivity contribution in [1.82, 2.24) is 25.1 Å². The van der Waals surface area contributed by atoms with Gasteiger partial charge < -0.3 is 14.0 Å². The van der Waals surface area contributed by atoms with Crippen molar-refractivity contribution in [2.24, 2.45) is 5.92 Å². The Kier molecular flexibility index (Phi) is 4.32. The van der Waals surface area contributed by atoms with Crippen molar-refractivity contribution in [1.29, 1.82) is 0 Å². The molecule has 8 nitrogen and oxygen atoms in total. The highest BCUT2D eigenvalue weighted by Gasteiger charge is 2.20. The molecule has 0 fully saturated rings. The summed E-state index contributed by atoms with van der Waals surface area (Å²) in [6.07, 6.45) is 1.80. The Morgan fingerprint density at radius 3 is 2.77 bits per heavy atom. The number of aryl methyl sites for hydroxylation is 1. The third-order valence-electron chi connectivity index (χ3n) is 4.28. The van der Waals surface area contributed by atoms with E-state index in [0.717, 1.165) is 30.0 Å². The molecule has 0 unspecified atom stereocenters. The molecule has 0 bridgehead atoms. The van der Waals surface area contributed by atoms with Crippen molar-refractivity contribution in [3.8, 4) is 28.8 Å². The second-order valence-corrected chi connectivity index (χ2v) is 6.71. The number of ether oxygens (including phenoxy) is 2. The highest BCUT2D eigenvalue weighted by molar-refractivity contribution is 5.54. The maximum absolute atomic E-state index is 5.64. The molecular weight excluding hydrogens is 334 g/mol. The Balaban J connectivity index is 1.60. The maximum Gasteiger partial charge on any atom is 0.280 e. The summed E-state index contributed by atoms with van der Waals surface area (Å²) in [5, 5.41) is 12.5. The number of hydrogen-bond donors (Lipinski definition) is 0. The third-order valence-corrected chi connectivity index (χ3v) is 4.28. The quantitative estimate of drug-likeness (QED) is 0.695. The van der Waals surface area contributed by atoms with Crippen LogP contribution in [-0.2, 0) is 6.42 Å². The second-order valence-electron chi connectivity index (χ2n) is 6.71. The van der Waals surface area contributed by atoms with Crippen LogP contribution < -0.4 is 9.47 Å². The van der Waals surface area contributed by atoms with Crippen LogP contribution in [0.3, 0.4) is 0 Å². The topological polar surface area (TPSA) is 88.1 Å². The Bertz CT molecular complexity index is 915. The molecule has 0 spiro atoms. The van der Waals surface area contributed by atoms with Crippen LogP contribution in [0, 0.1) is 12.8 Å². The Morgan fingerprint density at radius 2 is 1.96 bits per heavy atom. The van der Waals surface area contributed by atoms with E-state index in [4.69, 9.17) is 14.0 Å². The van der Waals surface area contributed by atoms with Gasteiger partial charge >= 0.3 is 0 Å². The fourth-order valence-corrected chi connectivity index (χ4v) is 2.81. The van der Waals surface area contributed by atoms with E-state index in [1.165, 1.54) is 0 Å². The molecule has 0 amide bonds. The summed E-state index contributed by atoms with van der Waals surface area (Å²) < 4.78 is 18.3. The summed E-state index contributed by atoms with van der Waals surface area (Å²) in [6.45, 7) is 7.37. The fourth-order valence-electron chi connectivity index (χ4n) is 2.81. The summed E-state index contributed by atoms with van der Waals surface area (Å²) in [6, 6.07) is 5.68. The van der Waals surface area contributed by atoms with Gasteiger partial charge in [0.25, 0.3) is 5.89 Å². The van der Waals surface area contributed by atoms with Gasteiger partial charge in [-0.1, -0.05) is 24.2 Å². The Morgan fingerprint density at radius 1 is 1.15 bits per heavy atom. The third kappa shape index (κ3) is 3.14. The standard InChI is InChI=1S/C18H21N5O3/c1-11(2)4-7-16-19-18(26-21-16)17-12(3)23(22-20-17)13-5-6-14-15(10-13)25-9-8-24-14/h5-6,10-11H,4,7-9H2,1-3H3. The molecule has 0 N–H and O–H groups in total. The van der Waals surface area contributed by atoms with Crippen molar-refractivity contribution in [2.45, 2.75) is 33.6 Å². The first-order valence-corrected chi connectivity index (χ1v) is 8.77. The summed E-state index contributed by atoms with van der Waals surface area (Å²) in [5.74, 6) is 3.13. The average molecular weight is 355 g/mol. The van der Waals surface area contributed by atoms with E-state index >= 15 is 0 Å². The molecule has 0 aliphatic carbocycles. The van der Waals surface area contributed by atoms with Crippen molar-refractivity contribution in [3.63, 3.8) is 0 Å². The molecule has 2 aromatic heterocycles. The highest BCUT2D eigenvalue weighted by atomic mass is 16.6. The zero-order chi connectivity index (χ0) is 18.1. The predicted octanol–water partition coefficient (Wildman–Crippen LogP) is 2.99. The van der Waals surface area contributed by atoms with E-state index in [0.29, 0.717) is 42.3 Å². The molecule has 3 aromatic rings. The van der Waals surface area contributed by atoms with Crippen LogP contribution in [0.25, 0.3) is 17.3 Å². The number of hydrogen-bond acceptors (Lipinski definition) is 7. The zero-order valence-corrected chi connectivity index (χ0v) is 15.1. The van der Waals surface area contributed by atoms with Crippen LogP contribution >= 0.6 is 0 Å². The molecule has 1 aliphatic rings. The van der Waals surface area contributed by atoms with E-state index in [2.05, 4.69) is 34.3 Å². The molecule has 3 heterocycles. The normalized spacial score (nSPS) is 13.4. The van der Waals surface area contributed by atoms with Crippen molar-refractivity contribution >= 4 is 0 Å². The first kappa shape index (κ1) is 16.6. The average Bonchev–Trinajstić information content (AvgIpc) is 3.26. The lowest BCUT2D eigenvalue weighted by molar-refractivity contribution is 0.171. The zero-order valence-electron chi connectivity index (χ0n) is 15.1. The molecule has 1 aliphatic heterocycles. The van der Waals surface area contributed by atoms with Crippen molar-refractivity contribution in [3.05, 3.63) is 29.7 Å². The Labute approximate surface area is 151 Å². The van der Waals surface area contributed by atoms with Gasteiger partial charge in [-0.3, -0.25) is 0 Å². The van der Waals surface area contributed by atoms with Crippen LogP contribution in [0.4, 0.5) is 0 Å². The summed E-state index contributed by atoms with van der Waals surface area (Å²) in [7, 11) is 0. The SMILES string of the molecule is Cc1c(-c2nc(CCC(C)C)no2)nnn1-c1ccc2c(c1)OCCO2.